The summed E-state index contributed by atoms with van der Waals surface area (Å²) in [6.07, 6.45) is 9.10. The summed E-state index contributed by atoms with van der Waals surface area (Å²) in [6.45, 7) is 0.808. The molecule has 1 aliphatic rings. The normalized spacial score (nSPS) is 18.5. The van der Waals surface area contributed by atoms with Gasteiger partial charge in [-0.05, 0) is 49.8 Å². The van der Waals surface area contributed by atoms with Gasteiger partial charge in [0.25, 0.3) is 0 Å². The summed E-state index contributed by atoms with van der Waals surface area (Å²) >= 11 is 0. The number of pyridine rings is 2. The maximum atomic E-state index is 10.7. The minimum Gasteiger partial charge on any atom is -0.481 e. The van der Waals surface area contributed by atoms with Crippen LogP contribution in [0.4, 0.5) is 11.8 Å². The number of carbonyl (C=O) groups is 1. The number of carboxylic acid groups (broad SMARTS) is 1. The van der Waals surface area contributed by atoms with Gasteiger partial charge in [0, 0.05) is 42.1 Å². The maximum absolute atomic E-state index is 10.7. The molecule has 0 bridgehead atoms. The third-order valence-corrected chi connectivity index (χ3v) is 5.58. The van der Waals surface area contributed by atoms with Crippen LogP contribution in [0.15, 0.2) is 36.8 Å². The van der Waals surface area contributed by atoms with Crippen molar-refractivity contribution in [3.63, 3.8) is 0 Å². The largest absolute Gasteiger partial charge is 0.481 e. The molecule has 0 aliphatic heterocycles. The molecule has 9 heteroatoms. The number of nitrogens with one attached hydrogen (secondary N) is 2. The number of methoxy groups -OCH3 is 1. The number of hydrogen-bond donors (Lipinski definition) is 3. The van der Waals surface area contributed by atoms with Crippen LogP contribution in [0.5, 0.6) is 5.88 Å². The highest BCUT2D eigenvalue weighted by Crippen LogP contribution is 2.28. The summed E-state index contributed by atoms with van der Waals surface area (Å²) in [4.78, 5) is 28.1. The van der Waals surface area contributed by atoms with E-state index in [1.807, 2.05) is 18.2 Å². The van der Waals surface area contributed by atoms with Gasteiger partial charge >= 0.3 is 5.97 Å². The van der Waals surface area contributed by atoms with Crippen molar-refractivity contribution in [1.29, 1.82) is 0 Å². The Morgan fingerprint density at radius 1 is 1.13 bits per heavy atom. The molecule has 0 unspecified atom stereocenters. The molecule has 162 valence electrons. The summed E-state index contributed by atoms with van der Waals surface area (Å²) in [5.41, 5.74) is 1.36. The molecule has 0 aromatic carbocycles. The second kappa shape index (κ2) is 9.55. The molecule has 1 fully saturated rings. The topological polar surface area (TPSA) is 122 Å². The molecular weight excluding hydrogens is 396 g/mol. The predicted octanol–water partition coefficient (Wildman–Crippen LogP) is 3.14. The minimum absolute atomic E-state index is 0.0628. The van der Waals surface area contributed by atoms with Crippen LogP contribution in [-0.2, 0) is 11.2 Å². The van der Waals surface area contributed by atoms with Gasteiger partial charge in [-0.2, -0.15) is 0 Å². The Morgan fingerprint density at radius 2 is 1.90 bits per heavy atom. The molecule has 1 aliphatic carbocycles. The molecule has 0 saturated heterocycles. The number of hydrogen-bond acceptors (Lipinski definition) is 8. The third-order valence-electron chi connectivity index (χ3n) is 5.58. The predicted molar refractivity (Wildman–Crippen MR) is 117 cm³/mol. The Kier molecular flexibility index (Phi) is 6.40. The zero-order valence-electron chi connectivity index (χ0n) is 17.4. The lowest BCUT2D eigenvalue weighted by Gasteiger charge is -2.29. The highest BCUT2D eigenvalue weighted by Gasteiger charge is 2.21. The van der Waals surface area contributed by atoms with Crippen molar-refractivity contribution in [2.24, 2.45) is 5.92 Å². The Balaban J connectivity index is 1.26. The highest BCUT2D eigenvalue weighted by atomic mass is 16.5. The summed E-state index contributed by atoms with van der Waals surface area (Å²) in [5, 5.41) is 16.6. The molecule has 3 N–H and O–H groups in total. The van der Waals surface area contributed by atoms with E-state index in [0.29, 0.717) is 29.4 Å². The number of aromatic nitrogens is 4. The Bertz CT molecular complexity index is 1040. The lowest BCUT2D eigenvalue weighted by Crippen LogP contribution is -2.29. The molecular formula is C22H26N6O3. The van der Waals surface area contributed by atoms with E-state index in [9.17, 15) is 4.79 Å². The number of rotatable bonds is 8. The fraction of sp³-hybridized carbons (Fsp3) is 0.409. The van der Waals surface area contributed by atoms with Gasteiger partial charge in [-0.25, -0.2) is 19.9 Å². The first-order valence-corrected chi connectivity index (χ1v) is 10.4. The van der Waals surface area contributed by atoms with Crippen LogP contribution in [0, 0.1) is 5.92 Å². The number of anilines is 2. The Hall–Kier alpha value is -3.49. The van der Waals surface area contributed by atoms with Crippen LogP contribution >= 0.6 is 0 Å². The number of carboxylic acids is 1. The van der Waals surface area contributed by atoms with E-state index < -0.39 is 5.97 Å². The van der Waals surface area contributed by atoms with E-state index in [2.05, 4.69) is 25.6 Å². The lowest BCUT2D eigenvalue weighted by molar-refractivity contribution is -0.136. The summed E-state index contributed by atoms with van der Waals surface area (Å²) in [5.74, 6) is 1.58. The van der Waals surface area contributed by atoms with Gasteiger partial charge in [0.1, 0.15) is 11.3 Å². The Labute approximate surface area is 180 Å². The van der Waals surface area contributed by atoms with Crippen molar-refractivity contribution in [1.82, 2.24) is 19.9 Å². The van der Waals surface area contributed by atoms with Gasteiger partial charge in [-0.15, -0.1) is 0 Å². The molecule has 9 nitrogen and oxygen atoms in total. The number of nitrogens with zero attached hydrogens (tertiary/aromatic N) is 4. The summed E-state index contributed by atoms with van der Waals surface area (Å²) in [6, 6.07) is 6.35. The van der Waals surface area contributed by atoms with Gasteiger partial charge in [0.15, 0.2) is 0 Å². The Morgan fingerprint density at radius 3 is 2.61 bits per heavy atom. The van der Waals surface area contributed by atoms with E-state index in [4.69, 9.17) is 14.8 Å². The maximum Gasteiger partial charge on any atom is 0.307 e. The SMILES string of the molecule is COc1nccc2ccc(NC3CCC(CNc4ncc(CC(=O)O)cn4)CC3)nc12. The van der Waals surface area contributed by atoms with E-state index in [0.717, 1.165) is 48.9 Å². The van der Waals surface area contributed by atoms with Crippen molar-refractivity contribution >= 4 is 28.6 Å². The van der Waals surface area contributed by atoms with E-state index in [-0.39, 0.29) is 6.42 Å². The summed E-state index contributed by atoms with van der Waals surface area (Å²) < 4.78 is 5.33. The minimum atomic E-state index is -0.885. The zero-order valence-corrected chi connectivity index (χ0v) is 17.4. The molecule has 3 heterocycles. The van der Waals surface area contributed by atoms with E-state index in [1.165, 1.54) is 0 Å². The van der Waals surface area contributed by atoms with Crippen LogP contribution in [0.25, 0.3) is 10.9 Å². The second-order valence-electron chi connectivity index (χ2n) is 7.82. The smallest absolute Gasteiger partial charge is 0.307 e. The van der Waals surface area contributed by atoms with Crippen LogP contribution in [0.1, 0.15) is 31.2 Å². The lowest BCUT2D eigenvalue weighted by atomic mass is 9.86. The zero-order chi connectivity index (χ0) is 21.6. The molecule has 0 spiro atoms. The van der Waals surface area contributed by atoms with E-state index >= 15 is 0 Å². The average Bonchev–Trinajstić information content (AvgIpc) is 2.79. The fourth-order valence-electron chi connectivity index (χ4n) is 3.92. The first-order chi connectivity index (χ1) is 15.1. The van der Waals surface area contributed by atoms with Gasteiger partial charge in [-0.3, -0.25) is 4.79 Å². The quantitative estimate of drug-likeness (QED) is 0.502. The van der Waals surface area contributed by atoms with Crippen molar-refractivity contribution in [2.75, 3.05) is 24.3 Å². The standard InChI is InChI=1S/C22H26N6O3/c1-31-21-20-16(8-9-23-21)4-7-18(28-20)27-17-5-2-14(3-6-17)11-24-22-25-12-15(13-26-22)10-19(29)30/h4,7-9,12-14,17H,2-3,5-6,10-11H2,1H3,(H,27,28)(H,29,30)(H,24,25,26). The number of fused-ring (bicyclic) bond motifs is 1. The molecule has 3 aromatic heterocycles. The second-order valence-corrected chi connectivity index (χ2v) is 7.82. The first kappa shape index (κ1) is 20.8. The molecule has 0 atom stereocenters. The van der Waals surface area contributed by atoms with Gasteiger partial charge in [-0.1, -0.05) is 0 Å². The van der Waals surface area contributed by atoms with Crippen molar-refractivity contribution < 1.29 is 14.6 Å². The number of aliphatic carboxylic acids is 1. The van der Waals surface area contributed by atoms with Crippen LogP contribution in [0.3, 0.4) is 0 Å². The van der Waals surface area contributed by atoms with Crippen LogP contribution in [-0.4, -0.2) is 50.7 Å². The number of ether oxygens (including phenoxy) is 1. The van der Waals surface area contributed by atoms with Gasteiger partial charge in [0.2, 0.25) is 11.8 Å². The fourth-order valence-corrected chi connectivity index (χ4v) is 3.92. The van der Waals surface area contributed by atoms with Crippen LogP contribution < -0.4 is 15.4 Å². The molecule has 4 rings (SSSR count). The summed E-state index contributed by atoms with van der Waals surface area (Å²) in [7, 11) is 1.61. The van der Waals surface area contributed by atoms with Gasteiger partial charge in [0.05, 0.1) is 13.5 Å². The van der Waals surface area contributed by atoms with Crippen molar-refractivity contribution in [3.05, 3.63) is 42.4 Å². The van der Waals surface area contributed by atoms with Crippen molar-refractivity contribution in [2.45, 2.75) is 38.1 Å². The van der Waals surface area contributed by atoms with Crippen LogP contribution in [0.2, 0.25) is 0 Å². The molecule has 0 radical (unpaired) electrons. The first-order valence-electron chi connectivity index (χ1n) is 10.4. The molecule has 0 amide bonds. The monoisotopic (exact) mass is 422 g/mol. The van der Waals surface area contributed by atoms with Crippen molar-refractivity contribution in [3.8, 4) is 5.88 Å². The molecule has 31 heavy (non-hydrogen) atoms. The molecule has 1 saturated carbocycles. The molecule has 3 aromatic rings. The highest BCUT2D eigenvalue weighted by molar-refractivity contribution is 5.84. The average molecular weight is 422 g/mol. The van der Waals surface area contributed by atoms with Gasteiger partial charge < -0.3 is 20.5 Å². The van der Waals surface area contributed by atoms with E-state index in [1.54, 1.807) is 25.7 Å². The third kappa shape index (κ3) is 5.36.